The van der Waals surface area contributed by atoms with Crippen LogP contribution in [-0.4, -0.2) is 30.1 Å². The molecule has 1 amide bonds. The van der Waals surface area contributed by atoms with Crippen molar-refractivity contribution in [1.29, 1.82) is 0 Å². The highest BCUT2D eigenvalue weighted by atomic mass is 16.5. The van der Waals surface area contributed by atoms with E-state index >= 15 is 0 Å². The van der Waals surface area contributed by atoms with Gasteiger partial charge in [0.1, 0.15) is 11.8 Å². The summed E-state index contributed by atoms with van der Waals surface area (Å²) >= 11 is 0. The summed E-state index contributed by atoms with van der Waals surface area (Å²) in [4.78, 5) is 24.8. The molecule has 1 saturated heterocycles. The summed E-state index contributed by atoms with van der Waals surface area (Å²) in [6.45, 7) is 1.90. The lowest BCUT2D eigenvalue weighted by Gasteiger charge is -2.33. The van der Waals surface area contributed by atoms with Gasteiger partial charge < -0.3 is 9.84 Å². The largest absolute Gasteiger partial charge is 0.495 e. The second kappa shape index (κ2) is 5.30. The van der Waals surface area contributed by atoms with E-state index in [0.29, 0.717) is 30.7 Å². The van der Waals surface area contributed by atoms with Crippen LogP contribution in [-0.2, 0) is 9.59 Å². The molecule has 1 aliphatic heterocycles. The van der Waals surface area contributed by atoms with Gasteiger partial charge in [0.05, 0.1) is 12.8 Å². The van der Waals surface area contributed by atoms with Gasteiger partial charge in [-0.15, -0.1) is 0 Å². The molecule has 2 rings (SSSR count). The lowest BCUT2D eigenvalue weighted by atomic mass is 10.00. The SMILES string of the molecule is COc1ccc(C)cc1N1C(=O)CCCC1C(=O)O. The highest BCUT2D eigenvalue weighted by Crippen LogP contribution is 2.34. The normalized spacial score (nSPS) is 19.4. The number of carboxylic acid groups (broad SMARTS) is 1. The standard InChI is InChI=1S/C14H17NO4/c1-9-6-7-12(19-2)11(8-9)15-10(14(17)18)4-3-5-13(15)16/h6-8,10H,3-5H2,1-2H3,(H,17,18). The van der Waals surface area contributed by atoms with E-state index in [1.54, 1.807) is 12.1 Å². The van der Waals surface area contributed by atoms with Crippen LogP contribution in [0.3, 0.4) is 0 Å². The fourth-order valence-electron chi connectivity index (χ4n) is 2.39. The summed E-state index contributed by atoms with van der Waals surface area (Å²) in [6.07, 6.45) is 1.46. The zero-order chi connectivity index (χ0) is 14.0. The Bertz CT molecular complexity index is 512. The van der Waals surface area contributed by atoms with Crippen molar-refractivity contribution in [3.63, 3.8) is 0 Å². The molecular formula is C14H17NO4. The van der Waals surface area contributed by atoms with E-state index in [0.717, 1.165) is 5.56 Å². The first-order chi connectivity index (χ1) is 9.04. The third kappa shape index (κ3) is 2.54. The number of carbonyl (C=O) groups is 2. The van der Waals surface area contributed by atoms with E-state index < -0.39 is 12.0 Å². The van der Waals surface area contributed by atoms with Crippen molar-refractivity contribution in [2.45, 2.75) is 32.2 Å². The Morgan fingerprint density at radius 1 is 1.47 bits per heavy atom. The minimum atomic E-state index is -0.975. The molecule has 19 heavy (non-hydrogen) atoms. The summed E-state index contributed by atoms with van der Waals surface area (Å²) in [5.41, 5.74) is 1.50. The van der Waals surface area contributed by atoms with Crippen LogP contribution in [0.2, 0.25) is 0 Å². The maximum Gasteiger partial charge on any atom is 0.326 e. The van der Waals surface area contributed by atoms with Crippen LogP contribution >= 0.6 is 0 Å². The van der Waals surface area contributed by atoms with Crippen LogP contribution in [0.4, 0.5) is 5.69 Å². The van der Waals surface area contributed by atoms with Crippen molar-refractivity contribution in [3.8, 4) is 5.75 Å². The Morgan fingerprint density at radius 3 is 2.84 bits per heavy atom. The van der Waals surface area contributed by atoms with E-state index in [2.05, 4.69) is 0 Å². The summed E-state index contributed by atoms with van der Waals surface area (Å²) < 4.78 is 5.24. The van der Waals surface area contributed by atoms with Gasteiger partial charge in [0, 0.05) is 6.42 Å². The van der Waals surface area contributed by atoms with E-state index in [1.807, 2.05) is 13.0 Å². The zero-order valence-corrected chi connectivity index (χ0v) is 11.0. The molecule has 1 N–H and O–H groups in total. The molecule has 0 bridgehead atoms. The molecule has 1 aliphatic rings. The summed E-state index contributed by atoms with van der Waals surface area (Å²) in [7, 11) is 1.51. The third-order valence-corrected chi connectivity index (χ3v) is 3.33. The molecule has 5 nitrogen and oxygen atoms in total. The van der Waals surface area contributed by atoms with Crippen molar-refractivity contribution in [3.05, 3.63) is 23.8 Å². The number of benzene rings is 1. The average molecular weight is 263 g/mol. The van der Waals surface area contributed by atoms with Crippen molar-refractivity contribution in [2.24, 2.45) is 0 Å². The van der Waals surface area contributed by atoms with Gasteiger partial charge in [-0.2, -0.15) is 0 Å². The number of rotatable bonds is 3. The Hall–Kier alpha value is -2.04. The van der Waals surface area contributed by atoms with Crippen molar-refractivity contribution >= 4 is 17.6 Å². The lowest BCUT2D eigenvalue weighted by molar-refractivity contribution is -0.141. The molecule has 0 aliphatic carbocycles. The topological polar surface area (TPSA) is 66.8 Å². The van der Waals surface area contributed by atoms with Crippen LogP contribution in [0.15, 0.2) is 18.2 Å². The predicted molar refractivity (Wildman–Crippen MR) is 70.5 cm³/mol. The number of hydrogen-bond acceptors (Lipinski definition) is 3. The Balaban J connectivity index is 2.49. The Labute approximate surface area is 111 Å². The smallest absolute Gasteiger partial charge is 0.326 e. The van der Waals surface area contributed by atoms with Gasteiger partial charge in [0.2, 0.25) is 5.91 Å². The number of aryl methyl sites for hydroxylation is 1. The average Bonchev–Trinajstić information content (AvgIpc) is 2.38. The van der Waals surface area contributed by atoms with Crippen LogP contribution in [0.5, 0.6) is 5.75 Å². The molecular weight excluding hydrogens is 246 g/mol. The number of ether oxygens (including phenoxy) is 1. The van der Waals surface area contributed by atoms with E-state index in [9.17, 15) is 14.7 Å². The molecule has 1 unspecified atom stereocenters. The first-order valence-electron chi connectivity index (χ1n) is 6.24. The minimum Gasteiger partial charge on any atom is -0.495 e. The van der Waals surface area contributed by atoms with Crippen LogP contribution in [0.1, 0.15) is 24.8 Å². The van der Waals surface area contributed by atoms with Gasteiger partial charge in [0.25, 0.3) is 0 Å². The first kappa shape index (κ1) is 13.4. The molecule has 0 aromatic heterocycles. The number of nitrogens with zero attached hydrogens (tertiary/aromatic N) is 1. The fraction of sp³-hybridized carbons (Fsp3) is 0.429. The maximum absolute atomic E-state index is 12.1. The second-order valence-electron chi connectivity index (χ2n) is 4.69. The van der Waals surface area contributed by atoms with Crippen LogP contribution in [0.25, 0.3) is 0 Å². The highest BCUT2D eigenvalue weighted by molar-refractivity contribution is 6.01. The number of methoxy groups -OCH3 is 1. The van der Waals surface area contributed by atoms with E-state index in [-0.39, 0.29) is 5.91 Å². The number of carboxylic acids is 1. The maximum atomic E-state index is 12.1. The number of carbonyl (C=O) groups excluding carboxylic acids is 1. The van der Waals surface area contributed by atoms with Gasteiger partial charge in [-0.05, 0) is 37.5 Å². The van der Waals surface area contributed by atoms with Crippen LogP contribution in [0, 0.1) is 6.92 Å². The number of aliphatic carboxylic acids is 1. The molecule has 5 heteroatoms. The number of piperidine rings is 1. The summed E-state index contributed by atoms with van der Waals surface area (Å²) in [5, 5.41) is 9.29. The van der Waals surface area contributed by atoms with Gasteiger partial charge in [-0.1, -0.05) is 6.07 Å². The quantitative estimate of drug-likeness (QED) is 0.905. The molecule has 1 aromatic rings. The lowest BCUT2D eigenvalue weighted by Crippen LogP contribution is -2.48. The zero-order valence-electron chi connectivity index (χ0n) is 11.0. The summed E-state index contributed by atoms with van der Waals surface area (Å²) in [6, 6.07) is 4.60. The van der Waals surface area contributed by atoms with Gasteiger partial charge in [0.15, 0.2) is 0 Å². The fourth-order valence-corrected chi connectivity index (χ4v) is 2.39. The van der Waals surface area contributed by atoms with Gasteiger partial charge >= 0.3 is 5.97 Å². The summed E-state index contributed by atoms with van der Waals surface area (Å²) in [5.74, 6) is -0.619. The predicted octanol–water partition coefficient (Wildman–Crippen LogP) is 1.97. The Morgan fingerprint density at radius 2 is 2.21 bits per heavy atom. The van der Waals surface area contributed by atoms with E-state index in [1.165, 1.54) is 12.0 Å². The molecule has 0 radical (unpaired) electrons. The van der Waals surface area contributed by atoms with E-state index in [4.69, 9.17) is 4.74 Å². The van der Waals surface area contributed by atoms with Gasteiger partial charge in [-0.25, -0.2) is 4.79 Å². The molecule has 1 heterocycles. The highest BCUT2D eigenvalue weighted by Gasteiger charge is 2.35. The Kier molecular flexibility index (Phi) is 3.74. The molecule has 1 aromatic carbocycles. The number of amides is 1. The molecule has 0 spiro atoms. The van der Waals surface area contributed by atoms with Gasteiger partial charge in [-0.3, -0.25) is 9.69 Å². The number of anilines is 1. The molecule has 1 atom stereocenters. The second-order valence-corrected chi connectivity index (χ2v) is 4.69. The molecule has 102 valence electrons. The van der Waals surface area contributed by atoms with Crippen molar-refractivity contribution in [2.75, 3.05) is 12.0 Å². The first-order valence-corrected chi connectivity index (χ1v) is 6.24. The molecule has 1 fully saturated rings. The van der Waals surface area contributed by atoms with Crippen LogP contribution < -0.4 is 9.64 Å². The third-order valence-electron chi connectivity index (χ3n) is 3.33. The van der Waals surface area contributed by atoms with Crippen molar-refractivity contribution in [1.82, 2.24) is 0 Å². The number of hydrogen-bond donors (Lipinski definition) is 1. The monoisotopic (exact) mass is 263 g/mol. The molecule has 0 saturated carbocycles. The van der Waals surface area contributed by atoms with Crippen molar-refractivity contribution < 1.29 is 19.4 Å². The minimum absolute atomic E-state index is 0.164.